The van der Waals surface area contributed by atoms with Gasteiger partial charge in [-0.1, -0.05) is 29.8 Å². The summed E-state index contributed by atoms with van der Waals surface area (Å²) in [7, 11) is 3.10. The third kappa shape index (κ3) is 3.92. The zero-order chi connectivity index (χ0) is 22.1. The van der Waals surface area contributed by atoms with Gasteiger partial charge in [0.25, 0.3) is 5.56 Å². The fraction of sp³-hybridized carbons (Fsp3) is 0.250. The van der Waals surface area contributed by atoms with E-state index in [1.807, 2.05) is 26.0 Å². The lowest BCUT2D eigenvalue weighted by atomic mass is 10.0. The van der Waals surface area contributed by atoms with Gasteiger partial charge < -0.3 is 19.1 Å². The van der Waals surface area contributed by atoms with Crippen molar-refractivity contribution in [3.8, 4) is 22.8 Å². The van der Waals surface area contributed by atoms with Gasteiger partial charge in [0.1, 0.15) is 5.52 Å². The second kappa shape index (κ2) is 8.28. The molecule has 0 spiro atoms. The zero-order valence-electron chi connectivity index (χ0n) is 18.0. The first-order valence-electron chi connectivity index (χ1n) is 9.97. The van der Waals surface area contributed by atoms with Crippen LogP contribution in [0.15, 0.2) is 59.7 Å². The van der Waals surface area contributed by atoms with Crippen molar-refractivity contribution in [3.63, 3.8) is 0 Å². The molecule has 0 aliphatic heterocycles. The molecule has 0 aliphatic rings. The summed E-state index contributed by atoms with van der Waals surface area (Å²) >= 11 is 0. The number of aliphatic hydroxyl groups is 1. The molecule has 7 nitrogen and oxygen atoms in total. The summed E-state index contributed by atoms with van der Waals surface area (Å²) in [6, 6.07) is 13.1. The predicted molar refractivity (Wildman–Crippen MR) is 119 cm³/mol. The van der Waals surface area contributed by atoms with Crippen LogP contribution < -0.4 is 15.0 Å². The van der Waals surface area contributed by atoms with Crippen molar-refractivity contribution in [2.24, 2.45) is 0 Å². The monoisotopic (exact) mass is 419 g/mol. The molecule has 4 rings (SSSR count). The van der Waals surface area contributed by atoms with Gasteiger partial charge in [0.05, 0.1) is 32.6 Å². The number of aliphatic hydroxyl groups excluding tert-OH is 1. The van der Waals surface area contributed by atoms with Crippen LogP contribution in [0, 0.1) is 13.8 Å². The Morgan fingerprint density at radius 1 is 1.00 bits per heavy atom. The number of nitrogens with zero attached hydrogens (tertiary/aromatic N) is 3. The van der Waals surface area contributed by atoms with E-state index < -0.39 is 6.10 Å². The molecule has 1 N–H and O–H groups in total. The van der Waals surface area contributed by atoms with Crippen LogP contribution in [0.1, 0.15) is 22.8 Å². The molecule has 0 bridgehead atoms. The smallest absolute Gasteiger partial charge is 0.276 e. The number of rotatable bonds is 6. The molecule has 7 heteroatoms. The molecule has 0 aliphatic carbocycles. The number of methoxy groups -OCH3 is 2. The first kappa shape index (κ1) is 20.7. The molecular weight excluding hydrogens is 394 g/mol. The minimum Gasteiger partial charge on any atom is -0.493 e. The Labute approximate surface area is 180 Å². The van der Waals surface area contributed by atoms with Gasteiger partial charge in [0.15, 0.2) is 11.5 Å². The van der Waals surface area contributed by atoms with E-state index in [-0.39, 0.29) is 12.1 Å². The van der Waals surface area contributed by atoms with Gasteiger partial charge in [-0.15, -0.1) is 0 Å². The van der Waals surface area contributed by atoms with Gasteiger partial charge in [-0.3, -0.25) is 4.79 Å². The molecule has 4 aromatic rings. The van der Waals surface area contributed by atoms with Crippen molar-refractivity contribution in [1.29, 1.82) is 0 Å². The standard InChI is InChI=1S/C24H25N3O4/c1-15-5-7-18(16(2)11-15)19-13-20-24(29)26(9-10-27(20)25-19)14-21(28)17-6-8-22(30-3)23(12-17)31-4/h5-13,21,28H,14H2,1-4H3/t21-/m1/s1. The van der Waals surface area contributed by atoms with Crippen LogP contribution in [0.25, 0.3) is 16.8 Å². The number of ether oxygens (including phenoxy) is 2. The number of hydrogen-bond donors (Lipinski definition) is 1. The number of aromatic nitrogens is 3. The van der Waals surface area contributed by atoms with Crippen molar-refractivity contribution in [2.75, 3.05) is 14.2 Å². The lowest BCUT2D eigenvalue weighted by molar-refractivity contribution is 0.154. The van der Waals surface area contributed by atoms with Crippen LogP contribution in [0.2, 0.25) is 0 Å². The topological polar surface area (TPSA) is 78.0 Å². The first-order valence-corrected chi connectivity index (χ1v) is 9.97. The Hall–Kier alpha value is -3.58. The largest absolute Gasteiger partial charge is 0.493 e. The molecule has 0 saturated heterocycles. The van der Waals surface area contributed by atoms with Gasteiger partial charge in [-0.05, 0) is 43.2 Å². The van der Waals surface area contributed by atoms with E-state index in [9.17, 15) is 9.90 Å². The van der Waals surface area contributed by atoms with Crippen molar-refractivity contribution in [2.45, 2.75) is 26.5 Å². The second-order valence-corrected chi connectivity index (χ2v) is 7.56. The number of aryl methyl sites for hydroxylation is 2. The molecule has 1 atom stereocenters. The third-order valence-electron chi connectivity index (χ3n) is 5.42. The predicted octanol–water partition coefficient (Wildman–Crippen LogP) is 3.53. The molecule has 2 aromatic carbocycles. The molecule has 0 saturated carbocycles. The van der Waals surface area contributed by atoms with Crippen LogP contribution in [-0.4, -0.2) is 33.5 Å². The summed E-state index contributed by atoms with van der Waals surface area (Å²) in [6.07, 6.45) is 2.48. The van der Waals surface area contributed by atoms with Crippen molar-refractivity contribution >= 4 is 5.52 Å². The van der Waals surface area contributed by atoms with Gasteiger partial charge in [0, 0.05) is 18.0 Å². The molecule has 0 unspecified atom stereocenters. The fourth-order valence-corrected chi connectivity index (χ4v) is 3.75. The van der Waals surface area contributed by atoms with Crippen LogP contribution in [0.4, 0.5) is 0 Å². The summed E-state index contributed by atoms with van der Waals surface area (Å²) in [5.74, 6) is 1.10. The van der Waals surface area contributed by atoms with E-state index >= 15 is 0 Å². The molecule has 2 aromatic heterocycles. The van der Waals surface area contributed by atoms with E-state index in [0.717, 1.165) is 16.8 Å². The number of benzene rings is 2. The van der Waals surface area contributed by atoms with Crippen molar-refractivity contribution < 1.29 is 14.6 Å². The van der Waals surface area contributed by atoms with E-state index in [0.29, 0.717) is 22.6 Å². The fourth-order valence-electron chi connectivity index (χ4n) is 3.75. The minimum absolute atomic E-state index is 0.106. The maximum absolute atomic E-state index is 13.0. The highest BCUT2D eigenvalue weighted by atomic mass is 16.5. The average Bonchev–Trinajstić information content (AvgIpc) is 3.20. The third-order valence-corrected chi connectivity index (χ3v) is 5.42. The quantitative estimate of drug-likeness (QED) is 0.517. The van der Waals surface area contributed by atoms with Gasteiger partial charge in [-0.2, -0.15) is 5.10 Å². The van der Waals surface area contributed by atoms with Crippen molar-refractivity contribution in [1.82, 2.24) is 14.2 Å². The zero-order valence-corrected chi connectivity index (χ0v) is 18.0. The van der Waals surface area contributed by atoms with Crippen LogP contribution >= 0.6 is 0 Å². The highest BCUT2D eigenvalue weighted by molar-refractivity contribution is 5.68. The second-order valence-electron chi connectivity index (χ2n) is 7.56. The summed E-state index contributed by atoms with van der Waals surface area (Å²) < 4.78 is 13.6. The Morgan fingerprint density at radius 2 is 1.77 bits per heavy atom. The lowest BCUT2D eigenvalue weighted by Gasteiger charge is -2.15. The minimum atomic E-state index is -0.887. The van der Waals surface area contributed by atoms with Crippen LogP contribution in [-0.2, 0) is 6.54 Å². The molecular formula is C24H25N3O4. The summed E-state index contributed by atoms with van der Waals surface area (Å²) in [5, 5.41) is 15.3. The summed E-state index contributed by atoms with van der Waals surface area (Å²) in [6.45, 7) is 4.18. The Bertz CT molecular complexity index is 1310. The first-order chi connectivity index (χ1) is 14.9. The molecule has 31 heavy (non-hydrogen) atoms. The molecule has 0 radical (unpaired) electrons. The highest BCUT2D eigenvalue weighted by Crippen LogP contribution is 2.30. The maximum atomic E-state index is 13.0. The van der Waals surface area contributed by atoms with Gasteiger partial charge >= 0.3 is 0 Å². The SMILES string of the molecule is COc1ccc([C@H](O)Cn2ccn3nc(-c4ccc(C)cc4C)cc3c2=O)cc1OC. The molecule has 2 heterocycles. The van der Waals surface area contributed by atoms with Crippen molar-refractivity contribution in [3.05, 3.63) is 81.9 Å². The number of fused-ring (bicyclic) bond motifs is 1. The summed E-state index contributed by atoms with van der Waals surface area (Å²) in [5.41, 5.74) is 4.89. The van der Waals surface area contributed by atoms with E-state index in [2.05, 4.69) is 11.2 Å². The average molecular weight is 419 g/mol. The van der Waals surface area contributed by atoms with Gasteiger partial charge in [0.2, 0.25) is 0 Å². The molecule has 0 amide bonds. The number of hydrogen-bond acceptors (Lipinski definition) is 5. The lowest BCUT2D eigenvalue weighted by Crippen LogP contribution is -2.24. The van der Waals surface area contributed by atoms with E-state index in [1.165, 1.54) is 10.1 Å². The highest BCUT2D eigenvalue weighted by Gasteiger charge is 2.15. The van der Waals surface area contributed by atoms with Crippen LogP contribution in [0.5, 0.6) is 11.5 Å². The van der Waals surface area contributed by atoms with Gasteiger partial charge in [-0.25, -0.2) is 4.52 Å². The summed E-state index contributed by atoms with van der Waals surface area (Å²) in [4.78, 5) is 13.0. The van der Waals surface area contributed by atoms with Crippen LogP contribution in [0.3, 0.4) is 0 Å². The van der Waals surface area contributed by atoms with E-state index in [1.54, 1.807) is 55.4 Å². The molecule has 0 fully saturated rings. The molecule has 160 valence electrons. The Kier molecular flexibility index (Phi) is 5.52. The Balaban J connectivity index is 1.66. The Morgan fingerprint density at radius 3 is 2.48 bits per heavy atom. The van der Waals surface area contributed by atoms with E-state index in [4.69, 9.17) is 9.47 Å². The normalized spacial score (nSPS) is 12.2. The maximum Gasteiger partial charge on any atom is 0.276 e.